The maximum Gasteiger partial charge on any atom is 0.214 e. The second kappa shape index (κ2) is 5.31. The molecule has 1 fully saturated rings. The van der Waals surface area contributed by atoms with Crippen molar-refractivity contribution in [2.45, 2.75) is 12.3 Å². The highest BCUT2D eigenvalue weighted by Crippen LogP contribution is 2.31. The van der Waals surface area contributed by atoms with E-state index in [2.05, 4.69) is 46.3 Å². The fourth-order valence-electron chi connectivity index (χ4n) is 2.70. The quantitative estimate of drug-likeness (QED) is 0.841. The number of nitrogens with zero attached hydrogens (tertiary/aromatic N) is 2. The zero-order chi connectivity index (χ0) is 13.1. The van der Waals surface area contributed by atoms with E-state index >= 15 is 0 Å². The summed E-state index contributed by atoms with van der Waals surface area (Å²) in [7, 11) is 1.66. The number of hydrogen-bond acceptors (Lipinski definition) is 3. The summed E-state index contributed by atoms with van der Waals surface area (Å²) >= 11 is 0. The van der Waals surface area contributed by atoms with Gasteiger partial charge in [0.2, 0.25) is 5.88 Å². The topological polar surface area (TPSA) is 25.4 Å². The Hall–Kier alpha value is -2.03. The van der Waals surface area contributed by atoms with Crippen LogP contribution in [0.2, 0.25) is 0 Å². The SMILES string of the molecule is COc1cc(N2CCC(c3ccccc3)C2)ccn1. The first kappa shape index (κ1) is 12.0. The largest absolute Gasteiger partial charge is 0.481 e. The molecule has 19 heavy (non-hydrogen) atoms. The molecule has 98 valence electrons. The van der Waals surface area contributed by atoms with Crippen molar-refractivity contribution in [1.82, 2.24) is 4.98 Å². The number of pyridine rings is 1. The minimum absolute atomic E-state index is 0.625. The van der Waals surface area contributed by atoms with Gasteiger partial charge in [0.25, 0.3) is 0 Å². The summed E-state index contributed by atoms with van der Waals surface area (Å²) in [5.41, 5.74) is 2.64. The summed E-state index contributed by atoms with van der Waals surface area (Å²) in [4.78, 5) is 6.56. The van der Waals surface area contributed by atoms with Gasteiger partial charge in [0.15, 0.2) is 0 Å². The van der Waals surface area contributed by atoms with Crippen LogP contribution in [-0.2, 0) is 0 Å². The van der Waals surface area contributed by atoms with E-state index in [0.29, 0.717) is 11.8 Å². The molecule has 0 amide bonds. The molecule has 1 unspecified atom stereocenters. The van der Waals surface area contributed by atoms with Gasteiger partial charge in [-0.05, 0) is 18.1 Å². The van der Waals surface area contributed by atoms with Gasteiger partial charge < -0.3 is 9.64 Å². The molecular formula is C16H18N2O. The van der Waals surface area contributed by atoms with Gasteiger partial charge in [0.05, 0.1) is 7.11 Å². The lowest BCUT2D eigenvalue weighted by Crippen LogP contribution is -2.19. The molecule has 0 radical (unpaired) electrons. The van der Waals surface area contributed by atoms with Crippen LogP contribution in [0.3, 0.4) is 0 Å². The van der Waals surface area contributed by atoms with E-state index in [1.165, 1.54) is 17.7 Å². The van der Waals surface area contributed by atoms with Crippen LogP contribution in [-0.4, -0.2) is 25.2 Å². The number of methoxy groups -OCH3 is 1. The molecule has 0 aliphatic carbocycles. The lowest BCUT2D eigenvalue weighted by molar-refractivity contribution is 0.398. The van der Waals surface area contributed by atoms with Crippen molar-refractivity contribution in [3.63, 3.8) is 0 Å². The second-order valence-electron chi connectivity index (χ2n) is 4.90. The molecule has 0 spiro atoms. The molecule has 3 heteroatoms. The Morgan fingerprint density at radius 3 is 2.84 bits per heavy atom. The number of benzene rings is 1. The van der Waals surface area contributed by atoms with E-state index in [9.17, 15) is 0 Å². The molecule has 0 N–H and O–H groups in total. The number of rotatable bonds is 3. The van der Waals surface area contributed by atoms with Crippen molar-refractivity contribution in [2.75, 3.05) is 25.1 Å². The minimum Gasteiger partial charge on any atom is -0.481 e. The molecule has 0 saturated carbocycles. The molecule has 1 aromatic heterocycles. The molecule has 3 rings (SSSR count). The van der Waals surface area contributed by atoms with E-state index in [1.54, 1.807) is 7.11 Å². The zero-order valence-corrected chi connectivity index (χ0v) is 11.1. The summed E-state index contributed by atoms with van der Waals surface area (Å²) in [6, 6.07) is 14.8. The average molecular weight is 254 g/mol. The fraction of sp³-hybridized carbons (Fsp3) is 0.312. The van der Waals surface area contributed by atoms with E-state index in [-0.39, 0.29) is 0 Å². The molecule has 1 aromatic carbocycles. The Bertz CT molecular complexity index is 541. The molecule has 1 aliphatic heterocycles. The van der Waals surface area contributed by atoms with Crippen LogP contribution in [0.5, 0.6) is 5.88 Å². The lowest BCUT2D eigenvalue weighted by Gasteiger charge is -2.19. The standard InChI is InChI=1S/C16H18N2O/c1-19-16-11-15(7-9-17-16)18-10-8-14(12-18)13-5-3-2-4-6-13/h2-7,9,11,14H,8,10,12H2,1H3. The molecule has 0 bridgehead atoms. The number of aromatic nitrogens is 1. The highest BCUT2D eigenvalue weighted by molar-refractivity contribution is 5.50. The van der Waals surface area contributed by atoms with Crippen LogP contribution in [0.25, 0.3) is 0 Å². The van der Waals surface area contributed by atoms with E-state index < -0.39 is 0 Å². The van der Waals surface area contributed by atoms with Crippen molar-refractivity contribution >= 4 is 5.69 Å². The monoisotopic (exact) mass is 254 g/mol. The molecule has 3 nitrogen and oxygen atoms in total. The highest BCUT2D eigenvalue weighted by atomic mass is 16.5. The van der Waals surface area contributed by atoms with Crippen molar-refractivity contribution in [3.8, 4) is 5.88 Å². The molecule has 2 aromatic rings. The van der Waals surface area contributed by atoms with Gasteiger partial charge in [-0.2, -0.15) is 0 Å². The summed E-state index contributed by atoms with van der Waals surface area (Å²) in [6.07, 6.45) is 3.01. The van der Waals surface area contributed by atoms with Gasteiger partial charge in [-0.1, -0.05) is 30.3 Å². The number of ether oxygens (including phenoxy) is 1. The third kappa shape index (κ3) is 2.55. The Labute approximate surface area is 113 Å². The number of anilines is 1. The first-order chi connectivity index (χ1) is 9.36. The van der Waals surface area contributed by atoms with Gasteiger partial charge >= 0.3 is 0 Å². The first-order valence-electron chi connectivity index (χ1n) is 6.67. The minimum atomic E-state index is 0.625. The normalized spacial score (nSPS) is 18.6. The molecule has 1 atom stereocenters. The lowest BCUT2D eigenvalue weighted by atomic mass is 9.99. The van der Waals surface area contributed by atoms with Crippen LogP contribution >= 0.6 is 0 Å². The summed E-state index contributed by atoms with van der Waals surface area (Å²) in [6.45, 7) is 2.16. The molecular weight excluding hydrogens is 236 g/mol. The Kier molecular flexibility index (Phi) is 3.36. The maximum absolute atomic E-state index is 5.19. The average Bonchev–Trinajstić information content (AvgIpc) is 2.98. The van der Waals surface area contributed by atoms with Crippen LogP contribution < -0.4 is 9.64 Å². The molecule has 2 heterocycles. The Morgan fingerprint density at radius 2 is 2.05 bits per heavy atom. The molecule has 1 saturated heterocycles. The number of hydrogen-bond donors (Lipinski definition) is 0. The van der Waals surface area contributed by atoms with Crippen LogP contribution in [0.1, 0.15) is 17.9 Å². The summed E-state index contributed by atoms with van der Waals surface area (Å²) in [5, 5.41) is 0. The fourth-order valence-corrected chi connectivity index (χ4v) is 2.70. The molecule has 1 aliphatic rings. The third-order valence-corrected chi connectivity index (χ3v) is 3.75. The summed E-state index contributed by atoms with van der Waals surface area (Å²) in [5.74, 6) is 1.31. The van der Waals surface area contributed by atoms with Gasteiger partial charge in [-0.3, -0.25) is 0 Å². The smallest absolute Gasteiger partial charge is 0.214 e. The second-order valence-corrected chi connectivity index (χ2v) is 4.90. The first-order valence-corrected chi connectivity index (χ1v) is 6.67. The van der Waals surface area contributed by atoms with Crippen molar-refractivity contribution in [1.29, 1.82) is 0 Å². The van der Waals surface area contributed by atoms with Crippen LogP contribution in [0, 0.1) is 0 Å². The van der Waals surface area contributed by atoms with Crippen molar-refractivity contribution in [3.05, 3.63) is 54.2 Å². The van der Waals surface area contributed by atoms with Gasteiger partial charge in [-0.25, -0.2) is 4.98 Å². The Balaban J connectivity index is 1.75. The van der Waals surface area contributed by atoms with Gasteiger partial charge in [0.1, 0.15) is 0 Å². The van der Waals surface area contributed by atoms with Crippen LogP contribution in [0.4, 0.5) is 5.69 Å². The van der Waals surface area contributed by atoms with Crippen molar-refractivity contribution < 1.29 is 4.74 Å². The highest BCUT2D eigenvalue weighted by Gasteiger charge is 2.24. The summed E-state index contributed by atoms with van der Waals surface area (Å²) < 4.78 is 5.19. The van der Waals surface area contributed by atoms with E-state index in [4.69, 9.17) is 4.74 Å². The van der Waals surface area contributed by atoms with E-state index in [0.717, 1.165) is 13.1 Å². The van der Waals surface area contributed by atoms with Gasteiger partial charge in [0, 0.05) is 37.0 Å². The maximum atomic E-state index is 5.19. The third-order valence-electron chi connectivity index (χ3n) is 3.75. The van der Waals surface area contributed by atoms with Crippen LogP contribution in [0.15, 0.2) is 48.7 Å². The predicted octanol–water partition coefficient (Wildman–Crippen LogP) is 3.08. The van der Waals surface area contributed by atoms with Crippen molar-refractivity contribution in [2.24, 2.45) is 0 Å². The Morgan fingerprint density at radius 1 is 1.21 bits per heavy atom. The predicted molar refractivity (Wildman–Crippen MR) is 76.8 cm³/mol. The zero-order valence-electron chi connectivity index (χ0n) is 11.1. The van der Waals surface area contributed by atoms with Gasteiger partial charge in [-0.15, -0.1) is 0 Å². The van der Waals surface area contributed by atoms with E-state index in [1.807, 2.05) is 12.3 Å².